The lowest BCUT2D eigenvalue weighted by Gasteiger charge is -2.28. The van der Waals surface area contributed by atoms with Crippen molar-refractivity contribution >= 4 is 23.0 Å². The van der Waals surface area contributed by atoms with Crippen molar-refractivity contribution < 1.29 is 4.39 Å². The summed E-state index contributed by atoms with van der Waals surface area (Å²) in [6.45, 7) is 4.18. The zero-order chi connectivity index (χ0) is 15.5. The van der Waals surface area contributed by atoms with Gasteiger partial charge in [0.05, 0.1) is 16.4 Å². The van der Waals surface area contributed by atoms with Gasteiger partial charge in [0, 0.05) is 11.6 Å². The van der Waals surface area contributed by atoms with E-state index in [1.165, 1.54) is 17.7 Å². The standard InChI is InChI=1S/C17H20ClFN2/c1-17(2,9-8-12-6-4-3-5-7-12)21-16-10-13(18)14(19)11-15(16)20/h3-7,10-11,21H,8-9,20H2,1-2H3. The van der Waals surface area contributed by atoms with Crippen LogP contribution in [0.5, 0.6) is 0 Å². The molecule has 0 aromatic heterocycles. The van der Waals surface area contributed by atoms with E-state index in [1.807, 2.05) is 18.2 Å². The van der Waals surface area contributed by atoms with Gasteiger partial charge in [0.1, 0.15) is 5.82 Å². The highest BCUT2D eigenvalue weighted by molar-refractivity contribution is 6.31. The van der Waals surface area contributed by atoms with Crippen LogP contribution in [0.4, 0.5) is 15.8 Å². The number of anilines is 2. The van der Waals surface area contributed by atoms with Gasteiger partial charge in [0.15, 0.2) is 0 Å². The minimum atomic E-state index is -0.498. The highest BCUT2D eigenvalue weighted by atomic mass is 35.5. The van der Waals surface area contributed by atoms with Crippen molar-refractivity contribution in [3.8, 4) is 0 Å². The molecule has 0 aliphatic heterocycles. The Labute approximate surface area is 130 Å². The van der Waals surface area contributed by atoms with E-state index in [-0.39, 0.29) is 10.6 Å². The van der Waals surface area contributed by atoms with Gasteiger partial charge in [-0.2, -0.15) is 0 Å². The third-order valence-electron chi connectivity index (χ3n) is 3.45. The molecule has 0 atom stereocenters. The molecular weight excluding hydrogens is 287 g/mol. The fourth-order valence-corrected chi connectivity index (χ4v) is 2.36. The third-order valence-corrected chi connectivity index (χ3v) is 3.74. The van der Waals surface area contributed by atoms with Gasteiger partial charge < -0.3 is 11.1 Å². The van der Waals surface area contributed by atoms with Gasteiger partial charge in [-0.25, -0.2) is 4.39 Å². The van der Waals surface area contributed by atoms with E-state index < -0.39 is 5.82 Å². The quantitative estimate of drug-likeness (QED) is 0.772. The molecule has 112 valence electrons. The van der Waals surface area contributed by atoms with Crippen molar-refractivity contribution in [2.75, 3.05) is 11.1 Å². The topological polar surface area (TPSA) is 38.0 Å². The van der Waals surface area contributed by atoms with E-state index in [0.717, 1.165) is 12.8 Å². The summed E-state index contributed by atoms with van der Waals surface area (Å²) in [5.41, 5.74) is 7.99. The normalized spacial score (nSPS) is 11.4. The van der Waals surface area contributed by atoms with E-state index in [0.29, 0.717) is 11.4 Å². The number of nitrogen functional groups attached to an aromatic ring is 1. The zero-order valence-corrected chi connectivity index (χ0v) is 13.0. The number of rotatable bonds is 5. The Morgan fingerprint density at radius 3 is 2.52 bits per heavy atom. The number of hydrogen-bond acceptors (Lipinski definition) is 2. The molecule has 0 amide bonds. The fourth-order valence-electron chi connectivity index (χ4n) is 2.20. The fraction of sp³-hybridized carbons (Fsp3) is 0.294. The average Bonchev–Trinajstić information content (AvgIpc) is 2.44. The maximum atomic E-state index is 13.3. The number of hydrogen-bond donors (Lipinski definition) is 2. The van der Waals surface area contributed by atoms with Crippen LogP contribution in [0, 0.1) is 5.82 Å². The molecule has 2 nitrogen and oxygen atoms in total. The third kappa shape index (κ3) is 4.36. The van der Waals surface area contributed by atoms with Crippen LogP contribution >= 0.6 is 11.6 Å². The Morgan fingerprint density at radius 2 is 1.86 bits per heavy atom. The molecule has 4 heteroatoms. The summed E-state index contributed by atoms with van der Waals surface area (Å²) >= 11 is 5.82. The van der Waals surface area contributed by atoms with Gasteiger partial charge in [-0.15, -0.1) is 0 Å². The summed E-state index contributed by atoms with van der Waals surface area (Å²) in [6, 6.07) is 13.1. The first-order valence-electron chi connectivity index (χ1n) is 6.94. The van der Waals surface area contributed by atoms with E-state index in [9.17, 15) is 4.39 Å². The molecule has 2 aromatic carbocycles. The van der Waals surface area contributed by atoms with E-state index in [1.54, 1.807) is 0 Å². The first-order chi connectivity index (χ1) is 9.87. The molecule has 0 radical (unpaired) electrons. The summed E-state index contributed by atoms with van der Waals surface area (Å²) in [7, 11) is 0. The second kappa shape index (κ2) is 6.35. The van der Waals surface area contributed by atoms with Crippen LogP contribution < -0.4 is 11.1 Å². The minimum Gasteiger partial charge on any atom is -0.397 e. The van der Waals surface area contributed by atoms with Gasteiger partial charge in [0.2, 0.25) is 0 Å². The molecule has 3 N–H and O–H groups in total. The van der Waals surface area contributed by atoms with E-state index in [4.69, 9.17) is 17.3 Å². The van der Waals surface area contributed by atoms with Gasteiger partial charge in [-0.1, -0.05) is 41.9 Å². The van der Waals surface area contributed by atoms with Crippen LogP contribution in [0.3, 0.4) is 0 Å². The molecule has 2 aromatic rings. The molecule has 0 bridgehead atoms. The number of halogens is 2. The molecule has 21 heavy (non-hydrogen) atoms. The van der Waals surface area contributed by atoms with Crippen molar-refractivity contribution in [1.82, 2.24) is 0 Å². The number of benzene rings is 2. The maximum absolute atomic E-state index is 13.3. The highest BCUT2D eigenvalue weighted by Gasteiger charge is 2.19. The maximum Gasteiger partial charge on any atom is 0.143 e. The molecule has 0 saturated heterocycles. The van der Waals surface area contributed by atoms with Gasteiger partial charge in [-0.3, -0.25) is 0 Å². The van der Waals surface area contributed by atoms with Crippen LogP contribution in [0.25, 0.3) is 0 Å². The van der Waals surface area contributed by atoms with Crippen LogP contribution in [0.15, 0.2) is 42.5 Å². The highest BCUT2D eigenvalue weighted by Crippen LogP contribution is 2.29. The zero-order valence-electron chi connectivity index (χ0n) is 12.3. The van der Waals surface area contributed by atoms with Crippen LogP contribution in [-0.4, -0.2) is 5.54 Å². The number of nitrogens with one attached hydrogen (secondary N) is 1. The molecule has 0 saturated carbocycles. The summed E-state index contributed by atoms with van der Waals surface area (Å²) in [4.78, 5) is 0. The van der Waals surface area contributed by atoms with Crippen LogP contribution in [-0.2, 0) is 6.42 Å². The summed E-state index contributed by atoms with van der Waals surface area (Å²) in [5.74, 6) is -0.498. The first-order valence-corrected chi connectivity index (χ1v) is 7.32. The van der Waals surface area contributed by atoms with Gasteiger partial charge >= 0.3 is 0 Å². The Balaban J connectivity index is 2.05. The van der Waals surface area contributed by atoms with Crippen molar-refractivity contribution in [1.29, 1.82) is 0 Å². The summed E-state index contributed by atoms with van der Waals surface area (Å²) in [5, 5.41) is 3.42. The second-order valence-electron chi connectivity index (χ2n) is 5.85. The Hall–Kier alpha value is -1.74. The Bertz CT molecular complexity index is 612. The Kier molecular flexibility index (Phi) is 4.73. The average molecular weight is 307 g/mol. The predicted octanol–water partition coefficient (Wildman–Crippen LogP) is 4.88. The van der Waals surface area contributed by atoms with Crippen molar-refractivity contribution in [3.05, 3.63) is 58.9 Å². The second-order valence-corrected chi connectivity index (χ2v) is 6.26. The monoisotopic (exact) mass is 306 g/mol. The first kappa shape index (κ1) is 15.6. The number of nitrogens with two attached hydrogens (primary N) is 1. The van der Waals surface area contributed by atoms with Gasteiger partial charge in [-0.05, 0) is 38.3 Å². The largest absolute Gasteiger partial charge is 0.397 e. The smallest absolute Gasteiger partial charge is 0.143 e. The molecular formula is C17H20ClFN2. The van der Waals surface area contributed by atoms with E-state index >= 15 is 0 Å². The molecule has 0 aliphatic rings. The lowest BCUT2D eigenvalue weighted by Crippen LogP contribution is -2.31. The van der Waals surface area contributed by atoms with Crippen LogP contribution in [0.2, 0.25) is 5.02 Å². The van der Waals surface area contributed by atoms with E-state index in [2.05, 4.69) is 31.3 Å². The lowest BCUT2D eigenvalue weighted by atomic mass is 9.94. The summed E-state index contributed by atoms with van der Waals surface area (Å²) < 4.78 is 13.3. The minimum absolute atomic E-state index is 0.0746. The molecule has 0 spiro atoms. The van der Waals surface area contributed by atoms with Crippen molar-refractivity contribution in [2.45, 2.75) is 32.2 Å². The van der Waals surface area contributed by atoms with Crippen molar-refractivity contribution in [3.63, 3.8) is 0 Å². The van der Waals surface area contributed by atoms with Crippen LogP contribution in [0.1, 0.15) is 25.8 Å². The van der Waals surface area contributed by atoms with Gasteiger partial charge in [0.25, 0.3) is 0 Å². The Morgan fingerprint density at radius 1 is 1.19 bits per heavy atom. The molecule has 0 aliphatic carbocycles. The molecule has 0 unspecified atom stereocenters. The molecule has 2 rings (SSSR count). The van der Waals surface area contributed by atoms with Crippen molar-refractivity contribution in [2.24, 2.45) is 0 Å². The predicted molar refractivity (Wildman–Crippen MR) is 88.3 cm³/mol. The molecule has 0 fully saturated rings. The lowest BCUT2D eigenvalue weighted by molar-refractivity contribution is 0.518. The SMILES string of the molecule is CC(C)(CCc1ccccc1)Nc1cc(Cl)c(F)cc1N. The summed E-state index contributed by atoms with van der Waals surface area (Å²) in [6.07, 6.45) is 1.88. The molecule has 0 heterocycles. The number of aryl methyl sites for hydroxylation is 1.